The standard InChI is InChI=1S/C12H16I/c1-8(2)10-5-11(9(3)4)7-12(13)6-10/h6-9H,1-4H3. The summed E-state index contributed by atoms with van der Waals surface area (Å²) in [5.74, 6) is 1.15. The Morgan fingerprint density at radius 1 is 1.00 bits per heavy atom. The Bertz CT molecular complexity index is 261. The first-order valence-electron chi connectivity index (χ1n) is 4.73. The molecule has 0 bridgehead atoms. The first-order chi connectivity index (χ1) is 6.00. The smallest absolute Gasteiger partial charge is 0.0136 e. The van der Waals surface area contributed by atoms with Crippen LogP contribution in [0.4, 0.5) is 0 Å². The maximum atomic E-state index is 3.48. The van der Waals surface area contributed by atoms with Gasteiger partial charge >= 0.3 is 0 Å². The van der Waals surface area contributed by atoms with Gasteiger partial charge in [-0.2, -0.15) is 0 Å². The second kappa shape index (κ2) is 4.45. The van der Waals surface area contributed by atoms with Crippen LogP contribution in [0.5, 0.6) is 0 Å². The largest absolute Gasteiger partial charge is 0.0587 e. The van der Waals surface area contributed by atoms with Crippen molar-refractivity contribution in [3.8, 4) is 0 Å². The fraction of sp³-hybridized carbons (Fsp3) is 0.500. The highest BCUT2D eigenvalue weighted by molar-refractivity contribution is 14.1. The van der Waals surface area contributed by atoms with Crippen LogP contribution >= 0.6 is 22.6 Å². The Kier molecular flexibility index (Phi) is 3.77. The van der Waals surface area contributed by atoms with Gasteiger partial charge in [-0.3, -0.25) is 0 Å². The van der Waals surface area contributed by atoms with Crippen molar-refractivity contribution in [2.45, 2.75) is 39.5 Å². The number of rotatable bonds is 2. The lowest BCUT2D eigenvalue weighted by molar-refractivity contribution is 0.828. The summed E-state index contributed by atoms with van der Waals surface area (Å²) in [5.41, 5.74) is 2.66. The molecule has 0 heterocycles. The van der Waals surface area contributed by atoms with Crippen molar-refractivity contribution >= 4 is 22.6 Å². The van der Waals surface area contributed by atoms with Gasteiger partial charge in [0.1, 0.15) is 0 Å². The molecular formula is C12H16I. The van der Waals surface area contributed by atoms with Gasteiger partial charge in [-0.25, -0.2) is 0 Å². The molecule has 0 saturated carbocycles. The Balaban J connectivity index is 3.11. The molecule has 0 saturated heterocycles. The van der Waals surface area contributed by atoms with Gasteiger partial charge in [0.2, 0.25) is 0 Å². The number of hydrogen-bond donors (Lipinski definition) is 0. The molecule has 0 aromatic heterocycles. The third-order valence-corrected chi connectivity index (χ3v) is 2.74. The van der Waals surface area contributed by atoms with E-state index in [9.17, 15) is 0 Å². The Morgan fingerprint density at radius 3 is 1.69 bits per heavy atom. The van der Waals surface area contributed by atoms with Crippen LogP contribution in [-0.4, -0.2) is 0 Å². The Morgan fingerprint density at radius 2 is 1.38 bits per heavy atom. The lowest BCUT2D eigenvalue weighted by Gasteiger charge is -2.11. The SMILES string of the molecule is CC(C)c1[c]c(C(C)C)cc(I)c1. The quantitative estimate of drug-likeness (QED) is 0.710. The summed E-state index contributed by atoms with van der Waals surface area (Å²) in [7, 11) is 0. The predicted octanol–water partition coefficient (Wildman–Crippen LogP) is 4.34. The highest BCUT2D eigenvalue weighted by Gasteiger charge is 2.05. The van der Waals surface area contributed by atoms with Crippen molar-refractivity contribution in [2.75, 3.05) is 0 Å². The maximum absolute atomic E-state index is 3.48. The molecule has 71 valence electrons. The molecule has 0 amide bonds. The normalized spacial score (nSPS) is 11.3. The van der Waals surface area contributed by atoms with Crippen molar-refractivity contribution in [3.63, 3.8) is 0 Å². The number of hydrogen-bond acceptors (Lipinski definition) is 0. The van der Waals surface area contributed by atoms with E-state index >= 15 is 0 Å². The third-order valence-electron chi connectivity index (χ3n) is 2.12. The molecule has 1 aromatic rings. The van der Waals surface area contributed by atoms with Crippen LogP contribution in [-0.2, 0) is 0 Å². The first-order valence-corrected chi connectivity index (χ1v) is 5.81. The van der Waals surface area contributed by atoms with E-state index in [0.29, 0.717) is 11.8 Å². The molecule has 0 unspecified atom stereocenters. The van der Waals surface area contributed by atoms with Crippen LogP contribution in [0.3, 0.4) is 0 Å². The highest BCUT2D eigenvalue weighted by atomic mass is 127. The average Bonchev–Trinajstić information content (AvgIpc) is 2.03. The molecule has 0 nitrogen and oxygen atoms in total. The summed E-state index contributed by atoms with van der Waals surface area (Å²) < 4.78 is 1.32. The first kappa shape index (κ1) is 11.0. The fourth-order valence-corrected chi connectivity index (χ4v) is 1.87. The zero-order chi connectivity index (χ0) is 10.0. The second-order valence-electron chi connectivity index (χ2n) is 4.02. The van der Waals surface area contributed by atoms with Crippen molar-refractivity contribution in [1.29, 1.82) is 0 Å². The minimum atomic E-state index is 0.576. The molecular weight excluding hydrogens is 271 g/mol. The molecule has 1 heteroatoms. The molecule has 0 aliphatic rings. The molecule has 0 fully saturated rings. The molecule has 1 radical (unpaired) electrons. The van der Waals surface area contributed by atoms with Crippen LogP contribution in [0.25, 0.3) is 0 Å². The summed E-state index contributed by atoms with van der Waals surface area (Å²) in [6.45, 7) is 8.86. The van der Waals surface area contributed by atoms with Crippen molar-refractivity contribution < 1.29 is 0 Å². The van der Waals surface area contributed by atoms with E-state index < -0.39 is 0 Å². The minimum absolute atomic E-state index is 0.576. The Hall–Kier alpha value is -0.0500. The van der Waals surface area contributed by atoms with Gasteiger partial charge in [-0.1, -0.05) is 27.7 Å². The van der Waals surface area contributed by atoms with Gasteiger partial charge in [0.05, 0.1) is 0 Å². The maximum Gasteiger partial charge on any atom is 0.0136 e. The van der Waals surface area contributed by atoms with Crippen molar-refractivity contribution in [1.82, 2.24) is 0 Å². The monoisotopic (exact) mass is 287 g/mol. The summed E-state index contributed by atoms with van der Waals surface area (Å²) in [6, 6.07) is 7.92. The van der Waals surface area contributed by atoms with Gasteiger partial charge in [-0.15, -0.1) is 0 Å². The molecule has 13 heavy (non-hydrogen) atoms. The molecule has 1 aromatic carbocycles. The van der Waals surface area contributed by atoms with Crippen LogP contribution in [0.1, 0.15) is 50.7 Å². The number of halogens is 1. The van der Waals surface area contributed by atoms with Gasteiger partial charge in [0.25, 0.3) is 0 Å². The lowest BCUT2D eigenvalue weighted by atomic mass is 9.96. The van der Waals surface area contributed by atoms with E-state index in [2.05, 4.69) is 68.5 Å². The average molecular weight is 287 g/mol. The molecule has 0 aliphatic heterocycles. The Labute approximate surface area is 94.9 Å². The van der Waals surface area contributed by atoms with Gasteiger partial charge < -0.3 is 0 Å². The van der Waals surface area contributed by atoms with Gasteiger partial charge in [-0.05, 0) is 63.8 Å². The minimum Gasteiger partial charge on any atom is -0.0587 e. The van der Waals surface area contributed by atoms with Crippen LogP contribution in [0, 0.1) is 9.64 Å². The van der Waals surface area contributed by atoms with Crippen molar-refractivity contribution in [2.24, 2.45) is 0 Å². The van der Waals surface area contributed by atoms with E-state index in [1.807, 2.05) is 0 Å². The summed E-state index contributed by atoms with van der Waals surface area (Å²) in [5, 5.41) is 0. The molecule has 0 spiro atoms. The zero-order valence-corrected chi connectivity index (χ0v) is 10.8. The van der Waals surface area contributed by atoms with E-state index in [1.54, 1.807) is 0 Å². The third kappa shape index (κ3) is 2.97. The summed E-state index contributed by atoms with van der Waals surface area (Å²) in [4.78, 5) is 0. The molecule has 0 N–H and O–H groups in total. The second-order valence-corrected chi connectivity index (χ2v) is 5.26. The molecule has 1 rings (SSSR count). The van der Waals surface area contributed by atoms with Gasteiger partial charge in [0, 0.05) is 3.57 Å². The number of benzene rings is 1. The van der Waals surface area contributed by atoms with E-state index in [4.69, 9.17) is 0 Å². The van der Waals surface area contributed by atoms with Crippen LogP contribution in [0.2, 0.25) is 0 Å². The fourth-order valence-electron chi connectivity index (χ4n) is 1.20. The zero-order valence-electron chi connectivity index (χ0n) is 8.69. The topological polar surface area (TPSA) is 0 Å². The lowest BCUT2D eigenvalue weighted by Crippen LogP contribution is -1.95. The summed E-state index contributed by atoms with van der Waals surface area (Å²) >= 11 is 2.38. The van der Waals surface area contributed by atoms with Crippen LogP contribution in [0.15, 0.2) is 12.1 Å². The van der Waals surface area contributed by atoms with Crippen molar-refractivity contribution in [3.05, 3.63) is 32.9 Å². The summed E-state index contributed by atoms with van der Waals surface area (Å²) in [6.07, 6.45) is 0. The van der Waals surface area contributed by atoms with E-state index in [1.165, 1.54) is 14.7 Å². The van der Waals surface area contributed by atoms with Gasteiger partial charge in [0.15, 0.2) is 0 Å². The molecule has 0 aliphatic carbocycles. The van der Waals surface area contributed by atoms with Crippen LogP contribution < -0.4 is 0 Å². The predicted molar refractivity (Wildman–Crippen MR) is 66.2 cm³/mol. The van der Waals surface area contributed by atoms with E-state index in [-0.39, 0.29) is 0 Å². The molecule has 0 atom stereocenters. The highest BCUT2D eigenvalue weighted by Crippen LogP contribution is 2.23. The van der Waals surface area contributed by atoms with E-state index in [0.717, 1.165) is 0 Å².